The SMILES string of the molecule is CC(C)(CCc1cc(Cl)c(O)c(Cl)c1)c1cc(Cl)c(O)c(Cl)c1. The van der Waals surface area contributed by atoms with Gasteiger partial charge in [-0.25, -0.2) is 0 Å². The first-order valence-corrected chi connectivity index (χ1v) is 8.48. The second-order valence-electron chi connectivity index (χ2n) is 6.08. The van der Waals surface area contributed by atoms with E-state index >= 15 is 0 Å². The van der Waals surface area contributed by atoms with Gasteiger partial charge in [-0.3, -0.25) is 0 Å². The molecule has 124 valence electrons. The van der Waals surface area contributed by atoms with Crippen LogP contribution in [0.5, 0.6) is 11.5 Å². The van der Waals surface area contributed by atoms with Crippen LogP contribution in [0.1, 0.15) is 31.4 Å². The van der Waals surface area contributed by atoms with E-state index in [-0.39, 0.29) is 37.0 Å². The van der Waals surface area contributed by atoms with Crippen molar-refractivity contribution in [3.63, 3.8) is 0 Å². The molecule has 0 saturated heterocycles. The van der Waals surface area contributed by atoms with Gasteiger partial charge in [-0.1, -0.05) is 60.3 Å². The summed E-state index contributed by atoms with van der Waals surface area (Å²) >= 11 is 23.9. The molecule has 0 fully saturated rings. The zero-order valence-electron chi connectivity index (χ0n) is 12.6. The lowest BCUT2D eigenvalue weighted by atomic mass is 9.79. The van der Waals surface area contributed by atoms with Crippen LogP contribution in [-0.4, -0.2) is 10.2 Å². The summed E-state index contributed by atoms with van der Waals surface area (Å²) in [5, 5.41) is 20.2. The fourth-order valence-corrected chi connectivity index (χ4v) is 3.34. The van der Waals surface area contributed by atoms with Gasteiger partial charge in [0.05, 0.1) is 20.1 Å². The summed E-state index contributed by atoms with van der Waals surface area (Å²) in [5.41, 5.74) is 1.64. The molecule has 0 atom stereocenters. The van der Waals surface area contributed by atoms with Gasteiger partial charge in [-0.15, -0.1) is 0 Å². The Morgan fingerprint density at radius 1 is 0.783 bits per heavy atom. The Hall–Kier alpha value is -0.800. The standard InChI is InChI=1S/C17H16Cl4O2/c1-17(2,10-7-13(20)16(23)14(21)8-10)4-3-9-5-11(18)15(22)12(19)6-9/h5-8,22-23H,3-4H2,1-2H3. The average Bonchev–Trinajstić information content (AvgIpc) is 2.47. The molecule has 6 heteroatoms. The molecule has 0 aromatic heterocycles. The monoisotopic (exact) mass is 392 g/mol. The molecular formula is C17H16Cl4O2. The fourth-order valence-electron chi connectivity index (χ4n) is 2.32. The minimum absolute atomic E-state index is 0.103. The lowest BCUT2D eigenvalue weighted by molar-refractivity contribution is 0.466. The molecule has 0 aliphatic carbocycles. The van der Waals surface area contributed by atoms with E-state index in [1.54, 1.807) is 24.3 Å². The molecule has 0 heterocycles. The Morgan fingerprint density at radius 2 is 1.17 bits per heavy atom. The molecule has 23 heavy (non-hydrogen) atoms. The highest BCUT2D eigenvalue weighted by Crippen LogP contribution is 2.39. The van der Waals surface area contributed by atoms with Crippen molar-refractivity contribution < 1.29 is 10.2 Å². The van der Waals surface area contributed by atoms with Crippen molar-refractivity contribution in [1.29, 1.82) is 0 Å². The van der Waals surface area contributed by atoms with Gasteiger partial charge in [0.25, 0.3) is 0 Å². The number of benzene rings is 2. The van der Waals surface area contributed by atoms with Gasteiger partial charge in [0.2, 0.25) is 0 Å². The first kappa shape index (κ1) is 18.5. The molecule has 2 aromatic carbocycles. The third kappa shape index (κ3) is 4.19. The molecule has 0 aliphatic rings. The van der Waals surface area contributed by atoms with E-state index in [4.69, 9.17) is 46.4 Å². The van der Waals surface area contributed by atoms with E-state index in [1.807, 2.05) is 0 Å². The van der Waals surface area contributed by atoms with Crippen molar-refractivity contribution in [3.8, 4) is 11.5 Å². The zero-order chi connectivity index (χ0) is 17.4. The number of hydrogen-bond acceptors (Lipinski definition) is 2. The maximum Gasteiger partial charge on any atom is 0.152 e. The fraction of sp³-hybridized carbons (Fsp3) is 0.294. The van der Waals surface area contributed by atoms with E-state index in [1.165, 1.54) is 0 Å². The first-order chi connectivity index (χ1) is 10.6. The molecule has 0 spiro atoms. The molecule has 0 saturated carbocycles. The van der Waals surface area contributed by atoms with Crippen LogP contribution in [0.3, 0.4) is 0 Å². The Balaban J connectivity index is 2.22. The van der Waals surface area contributed by atoms with Crippen LogP contribution >= 0.6 is 46.4 Å². The third-order valence-electron chi connectivity index (χ3n) is 3.91. The summed E-state index contributed by atoms with van der Waals surface area (Å²) in [6.45, 7) is 4.13. The highest BCUT2D eigenvalue weighted by atomic mass is 35.5. The predicted octanol–water partition coefficient (Wildman–Crippen LogP) is 6.62. The van der Waals surface area contributed by atoms with Crippen molar-refractivity contribution in [3.05, 3.63) is 55.5 Å². The summed E-state index contributed by atoms with van der Waals surface area (Å²) in [6, 6.07) is 6.85. The summed E-state index contributed by atoms with van der Waals surface area (Å²) in [4.78, 5) is 0. The lowest BCUT2D eigenvalue weighted by Gasteiger charge is -2.26. The molecular weight excluding hydrogens is 378 g/mol. The number of aryl methyl sites for hydroxylation is 1. The second-order valence-corrected chi connectivity index (χ2v) is 7.71. The Kier molecular flexibility index (Phi) is 5.63. The van der Waals surface area contributed by atoms with Crippen LogP contribution in [0.2, 0.25) is 20.1 Å². The smallest absolute Gasteiger partial charge is 0.152 e. The minimum Gasteiger partial charge on any atom is -0.505 e. The van der Waals surface area contributed by atoms with E-state index in [0.717, 1.165) is 17.5 Å². The van der Waals surface area contributed by atoms with Crippen LogP contribution < -0.4 is 0 Å². The van der Waals surface area contributed by atoms with E-state index < -0.39 is 0 Å². The highest BCUT2D eigenvalue weighted by Gasteiger charge is 2.23. The van der Waals surface area contributed by atoms with Crippen molar-refractivity contribution >= 4 is 46.4 Å². The van der Waals surface area contributed by atoms with Crippen molar-refractivity contribution in [2.45, 2.75) is 32.1 Å². The maximum atomic E-state index is 9.67. The average molecular weight is 394 g/mol. The van der Waals surface area contributed by atoms with Crippen molar-refractivity contribution in [2.24, 2.45) is 0 Å². The first-order valence-electron chi connectivity index (χ1n) is 6.97. The van der Waals surface area contributed by atoms with Gasteiger partial charge < -0.3 is 10.2 Å². The van der Waals surface area contributed by atoms with Crippen LogP contribution in [0.4, 0.5) is 0 Å². The number of aromatic hydroxyl groups is 2. The normalized spacial score (nSPS) is 11.7. The third-order valence-corrected chi connectivity index (χ3v) is 5.07. The second kappa shape index (κ2) is 6.98. The number of hydrogen-bond donors (Lipinski definition) is 2. The molecule has 0 radical (unpaired) electrons. The van der Waals surface area contributed by atoms with Gasteiger partial charge in [-0.2, -0.15) is 0 Å². The van der Waals surface area contributed by atoms with Gasteiger partial charge in [0.1, 0.15) is 0 Å². The van der Waals surface area contributed by atoms with Gasteiger partial charge in [0.15, 0.2) is 11.5 Å². The Morgan fingerprint density at radius 3 is 1.61 bits per heavy atom. The Labute approximate surface area is 155 Å². The summed E-state index contributed by atoms with van der Waals surface area (Å²) in [7, 11) is 0. The molecule has 2 nitrogen and oxygen atoms in total. The van der Waals surface area contributed by atoms with E-state index in [2.05, 4.69) is 13.8 Å². The summed E-state index contributed by atoms with van der Waals surface area (Å²) < 4.78 is 0. The lowest BCUT2D eigenvalue weighted by Crippen LogP contribution is -2.18. The quantitative estimate of drug-likeness (QED) is 0.612. The summed E-state index contributed by atoms with van der Waals surface area (Å²) in [6.07, 6.45) is 1.49. The molecule has 0 bridgehead atoms. The minimum atomic E-state index is -0.224. The topological polar surface area (TPSA) is 40.5 Å². The predicted molar refractivity (Wildman–Crippen MR) is 97.6 cm³/mol. The van der Waals surface area contributed by atoms with Gasteiger partial charge >= 0.3 is 0 Å². The van der Waals surface area contributed by atoms with Crippen LogP contribution in [0.25, 0.3) is 0 Å². The largest absolute Gasteiger partial charge is 0.505 e. The molecule has 0 unspecified atom stereocenters. The van der Waals surface area contributed by atoms with Crippen molar-refractivity contribution in [2.75, 3.05) is 0 Å². The number of phenolic OH excluding ortho intramolecular Hbond substituents is 2. The number of phenols is 2. The number of halogens is 4. The van der Waals surface area contributed by atoms with E-state index in [0.29, 0.717) is 6.42 Å². The van der Waals surface area contributed by atoms with Crippen molar-refractivity contribution in [1.82, 2.24) is 0 Å². The highest BCUT2D eigenvalue weighted by molar-refractivity contribution is 6.37. The number of rotatable bonds is 4. The Bertz CT molecular complexity index is 695. The van der Waals surface area contributed by atoms with Crippen LogP contribution in [0, 0.1) is 0 Å². The molecule has 2 aromatic rings. The van der Waals surface area contributed by atoms with E-state index in [9.17, 15) is 10.2 Å². The zero-order valence-corrected chi connectivity index (χ0v) is 15.7. The molecule has 0 amide bonds. The van der Waals surface area contributed by atoms with Gasteiger partial charge in [0, 0.05) is 0 Å². The van der Waals surface area contributed by atoms with Crippen LogP contribution in [0.15, 0.2) is 24.3 Å². The maximum absolute atomic E-state index is 9.67. The summed E-state index contributed by atoms with van der Waals surface area (Å²) in [5.74, 6) is -0.210. The molecule has 2 N–H and O–H groups in total. The molecule has 0 aliphatic heterocycles. The van der Waals surface area contributed by atoms with Gasteiger partial charge in [-0.05, 0) is 53.6 Å². The van der Waals surface area contributed by atoms with Crippen LogP contribution in [-0.2, 0) is 11.8 Å². The molecule has 2 rings (SSSR count).